The van der Waals surface area contributed by atoms with Gasteiger partial charge in [0.05, 0.1) is 18.0 Å². The zero-order chi connectivity index (χ0) is 22.7. The number of aromatic nitrogens is 2. The third-order valence-corrected chi connectivity index (χ3v) is 5.28. The lowest BCUT2D eigenvalue weighted by molar-refractivity contribution is 0.411. The Kier molecular flexibility index (Phi) is 5.82. The van der Waals surface area contributed by atoms with Crippen molar-refractivity contribution in [2.75, 3.05) is 0 Å². The normalized spacial score (nSPS) is 14.7. The molecule has 0 saturated carbocycles. The third-order valence-electron chi connectivity index (χ3n) is 4.96. The van der Waals surface area contributed by atoms with Gasteiger partial charge in [-0.2, -0.15) is 5.10 Å². The van der Waals surface area contributed by atoms with Gasteiger partial charge in [0.15, 0.2) is 4.77 Å². The Morgan fingerprint density at radius 1 is 1.16 bits per heavy atom. The summed E-state index contributed by atoms with van der Waals surface area (Å²) in [7, 11) is 0. The van der Waals surface area contributed by atoms with Crippen LogP contribution in [0, 0.1) is 4.77 Å². The van der Waals surface area contributed by atoms with Crippen molar-refractivity contribution >= 4 is 29.8 Å². The quantitative estimate of drug-likeness (QED) is 0.158. The maximum absolute atomic E-state index is 12.5. The van der Waals surface area contributed by atoms with E-state index in [4.69, 9.17) is 23.8 Å². The number of amidine groups is 1. The van der Waals surface area contributed by atoms with Crippen LogP contribution in [0.4, 0.5) is 0 Å². The van der Waals surface area contributed by atoms with E-state index in [2.05, 4.69) is 15.1 Å². The van der Waals surface area contributed by atoms with Gasteiger partial charge in [-0.05, 0) is 36.0 Å². The van der Waals surface area contributed by atoms with Gasteiger partial charge in [-0.25, -0.2) is 4.99 Å². The number of aromatic amines is 1. The number of aromatic hydroxyl groups is 1. The molecule has 0 saturated heterocycles. The van der Waals surface area contributed by atoms with Crippen molar-refractivity contribution in [3.05, 3.63) is 110 Å². The Morgan fingerprint density at radius 2 is 1.88 bits per heavy atom. The van der Waals surface area contributed by atoms with Crippen LogP contribution in [0.5, 0.6) is 5.88 Å². The summed E-state index contributed by atoms with van der Waals surface area (Å²) >= 11 is 5.25. The fourth-order valence-corrected chi connectivity index (χ4v) is 3.51. The molecular formula is C23H20N6O2S. The predicted molar refractivity (Wildman–Crippen MR) is 128 cm³/mol. The van der Waals surface area contributed by atoms with Crippen molar-refractivity contribution in [2.24, 2.45) is 21.7 Å². The molecule has 2 heterocycles. The Labute approximate surface area is 188 Å². The minimum Gasteiger partial charge on any atom is -0.494 e. The molecule has 8 nitrogen and oxygen atoms in total. The van der Waals surface area contributed by atoms with E-state index >= 15 is 0 Å². The smallest absolute Gasteiger partial charge is 0.262 e. The second-order valence-corrected chi connectivity index (χ2v) is 7.45. The molecule has 3 aromatic rings. The van der Waals surface area contributed by atoms with Crippen LogP contribution in [0.3, 0.4) is 0 Å². The van der Waals surface area contributed by atoms with Crippen LogP contribution in [0.15, 0.2) is 87.3 Å². The predicted octanol–water partition coefficient (Wildman–Crippen LogP) is 2.64. The Hall–Kier alpha value is -4.24. The fraction of sp³-hybridized carbons (Fsp3) is 0.0435. The number of aliphatic imine (C=N–C) groups is 1. The van der Waals surface area contributed by atoms with Crippen molar-refractivity contribution in [1.29, 1.82) is 0 Å². The maximum atomic E-state index is 12.5. The summed E-state index contributed by atoms with van der Waals surface area (Å²) < 4.78 is 1.62. The first kappa shape index (κ1) is 21.0. The highest BCUT2D eigenvalue weighted by Crippen LogP contribution is 2.22. The lowest BCUT2D eigenvalue weighted by atomic mass is 10.1. The van der Waals surface area contributed by atoms with E-state index in [1.807, 2.05) is 48.5 Å². The number of hydrogen-bond donors (Lipinski definition) is 4. The van der Waals surface area contributed by atoms with Crippen LogP contribution < -0.4 is 17.1 Å². The number of benzene rings is 2. The van der Waals surface area contributed by atoms with Crippen molar-refractivity contribution in [3.8, 4) is 5.88 Å². The molecule has 9 heteroatoms. The topological polar surface area (TPSA) is 135 Å². The van der Waals surface area contributed by atoms with E-state index < -0.39 is 5.56 Å². The molecule has 6 N–H and O–H groups in total. The zero-order valence-corrected chi connectivity index (χ0v) is 17.7. The molecule has 0 atom stereocenters. The fourth-order valence-electron chi connectivity index (χ4n) is 3.27. The first-order valence-corrected chi connectivity index (χ1v) is 10.1. The molecule has 0 spiro atoms. The summed E-state index contributed by atoms with van der Waals surface area (Å²) in [5.74, 6) is 5.23. The molecule has 0 radical (unpaired) electrons. The largest absolute Gasteiger partial charge is 0.494 e. The van der Waals surface area contributed by atoms with E-state index in [9.17, 15) is 9.90 Å². The standard InChI is InChI=1S/C23H20N6O2S/c24-20(28-25)16-8-6-15(7-9-16)19-11-10-17(26-19)12-18-21(30)27-23(32)29(22(18)31)13-14-4-2-1-3-5-14/h1-12,31H,13,25H2,(H2,24,28)(H,27,30,32)/b17-12+. The number of nitrogens with zero attached hydrogens (tertiary/aromatic N) is 3. The van der Waals surface area contributed by atoms with Gasteiger partial charge in [0.1, 0.15) is 11.4 Å². The summed E-state index contributed by atoms with van der Waals surface area (Å²) in [4.78, 5) is 19.7. The van der Waals surface area contributed by atoms with Gasteiger partial charge in [0.2, 0.25) is 5.88 Å². The average molecular weight is 445 g/mol. The first-order valence-electron chi connectivity index (χ1n) is 9.69. The average Bonchev–Trinajstić information content (AvgIpc) is 3.28. The summed E-state index contributed by atoms with van der Waals surface area (Å²) in [6.45, 7) is 0.324. The minimum atomic E-state index is -0.484. The van der Waals surface area contributed by atoms with E-state index in [-0.39, 0.29) is 22.1 Å². The van der Waals surface area contributed by atoms with Crippen molar-refractivity contribution < 1.29 is 5.11 Å². The van der Waals surface area contributed by atoms with Gasteiger partial charge in [-0.3, -0.25) is 14.3 Å². The molecule has 4 rings (SSSR count). The Bertz CT molecular complexity index is 1400. The van der Waals surface area contributed by atoms with E-state index in [1.54, 1.807) is 18.2 Å². The number of H-pyrrole nitrogens is 1. The van der Waals surface area contributed by atoms with Gasteiger partial charge in [-0.1, -0.05) is 54.6 Å². The summed E-state index contributed by atoms with van der Waals surface area (Å²) in [5, 5.41) is 14.3. The highest BCUT2D eigenvalue weighted by atomic mass is 32.1. The monoisotopic (exact) mass is 444 g/mol. The third kappa shape index (κ3) is 4.28. The molecule has 0 amide bonds. The van der Waals surface area contributed by atoms with Crippen LogP contribution in [-0.4, -0.2) is 26.2 Å². The highest BCUT2D eigenvalue weighted by molar-refractivity contribution is 7.71. The highest BCUT2D eigenvalue weighted by Gasteiger charge is 2.14. The van der Waals surface area contributed by atoms with Gasteiger partial charge < -0.3 is 16.7 Å². The van der Waals surface area contributed by atoms with Gasteiger partial charge in [-0.15, -0.1) is 0 Å². The Morgan fingerprint density at radius 3 is 2.56 bits per heavy atom. The van der Waals surface area contributed by atoms with E-state index in [1.165, 1.54) is 10.6 Å². The molecule has 160 valence electrons. The molecule has 0 unspecified atom stereocenters. The minimum absolute atomic E-state index is 0.0847. The van der Waals surface area contributed by atoms with Crippen LogP contribution in [-0.2, 0) is 6.54 Å². The lowest BCUT2D eigenvalue weighted by Gasteiger charge is -2.11. The summed E-state index contributed by atoms with van der Waals surface area (Å²) in [5.41, 5.74) is 9.05. The SMILES string of the molecule is N/N=C(\N)c1ccc(C2=N/C(=C/c3c(O)n(Cc4ccccc4)c(=S)[nH]c3=O)C=C2)cc1. The molecule has 0 bridgehead atoms. The lowest BCUT2D eigenvalue weighted by Crippen LogP contribution is -2.17. The van der Waals surface area contributed by atoms with Crippen LogP contribution in [0.25, 0.3) is 6.08 Å². The van der Waals surface area contributed by atoms with E-state index in [0.29, 0.717) is 23.5 Å². The van der Waals surface area contributed by atoms with E-state index in [0.717, 1.165) is 11.1 Å². The summed E-state index contributed by atoms with van der Waals surface area (Å²) in [6.07, 6.45) is 5.12. The maximum Gasteiger partial charge on any atom is 0.262 e. The number of rotatable bonds is 5. The van der Waals surface area contributed by atoms with Crippen molar-refractivity contribution in [3.63, 3.8) is 0 Å². The number of allylic oxidation sites excluding steroid dienone is 2. The number of hydrogen-bond acceptors (Lipinski definition) is 6. The van der Waals surface area contributed by atoms with Crippen molar-refractivity contribution in [2.45, 2.75) is 6.54 Å². The van der Waals surface area contributed by atoms with Gasteiger partial charge >= 0.3 is 0 Å². The molecule has 0 aliphatic carbocycles. The molecule has 1 aliphatic rings. The zero-order valence-electron chi connectivity index (χ0n) is 16.9. The molecule has 1 aromatic heterocycles. The molecular weight excluding hydrogens is 424 g/mol. The van der Waals surface area contributed by atoms with Crippen molar-refractivity contribution in [1.82, 2.24) is 9.55 Å². The molecule has 0 fully saturated rings. The van der Waals surface area contributed by atoms with Gasteiger partial charge in [0, 0.05) is 11.1 Å². The molecule has 32 heavy (non-hydrogen) atoms. The second-order valence-electron chi connectivity index (χ2n) is 7.06. The van der Waals surface area contributed by atoms with Crippen LogP contribution in [0.1, 0.15) is 22.3 Å². The molecule has 1 aliphatic heterocycles. The van der Waals surface area contributed by atoms with Gasteiger partial charge in [0.25, 0.3) is 5.56 Å². The van der Waals surface area contributed by atoms with Crippen LogP contribution >= 0.6 is 12.2 Å². The number of nitrogens with two attached hydrogens (primary N) is 2. The van der Waals surface area contributed by atoms with Crippen LogP contribution in [0.2, 0.25) is 0 Å². The second kappa shape index (κ2) is 8.86. The number of nitrogens with one attached hydrogen (secondary N) is 1. The number of hydrazone groups is 1. The first-order chi connectivity index (χ1) is 15.5. The molecule has 2 aromatic carbocycles. The Balaban J connectivity index is 1.66. The summed E-state index contributed by atoms with van der Waals surface area (Å²) in [6, 6.07) is 16.8.